The van der Waals surface area contributed by atoms with Gasteiger partial charge in [0.15, 0.2) is 11.6 Å². The Morgan fingerprint density at radius 1 is 1.06 bits per heavy atom. The van der Waals surface area contributed by atoms with Crippen molar-refractivity contribution < 1.29 is 13.5 Å². The number of hydrogen-bond donors (Lipinski definition) is 0. The van der Waals surface area contributed by atoms with Gasteiger partial charge in [0.25, 0.3) is 0 Å². The number of halogens is 3. The summed E-state index contributed by atoms with van der Waals surface area (Å²) in [6.07, 6.45) is 0. The van der Waals surface area contributed by atoms with Gasteiger partial charge in [0.2, 0.25) is 0 Å². The van der Waals surface area contributed by atoms with Gasteiger partial charge in [0, 0.05) is 11.6 Å². The molecule has 0 fully saturated rings. The summed E-state index contributed by atoms with van der Waals surface area (Å²) in [6, 6.07) is 8.44. The van der Waals surface area contributed by atoms with Gasteiger partial charge in [0.1, 0.15) is 11.6 Å². The molecule has 1 nitrogen and oxygen atoms in total. The van der Waals surface area contributed by atoms with Crippen molar-refractivity contribution in [3.8, 4) is 11.5 Å². The van der Waals surface area contributed by atoms with Gasteiger partial charge in [-0.25, -0.2) is 8.78 Å². The SMILES string of the molecule is Cc1ccc(Oc2cc(F)ccc2F)c(CCl)c1. The first-order valence-electron chi connectivity index (χ1n) is 5.38. The smallest absolute Gasteiger partial charge is 0.165 e. The van der Waals surface area contributed by atoms with Gasteiger partial charge >= 0.3 is 0 Å². The maximum atomic E-state index is 13.4. The van der Waals surface area contributed by atoms with E-state index in [4.69, 9.17) is 16.3 Å². The lowest BCUT2D eigenvalue weighted by molar-refractivity contribution is 0.433. The van der Waals surface area contributed by atoms with Crippen molar-refractivity contribution in [2.75, 3.05) is 0 Å². The highest BCUT2D eigenvalue weighted by molar-refractivity contribution is 6.17. The fraction of sp³-hybridized carbons (Fsp3) is 0.143. The topological polar surface area (TPSA) is 9.23 Å². The number of rotatable bonds is 3. The summed E-state index contributed by atoms with van der Waals surface area (Å²) in [4.78, 5) is 0. The Labute approximate surface area is 109 Å². The van der Waals surface area contributed by atoms with Crippen LogP contribution >= 0.6 is 11.6 Å². The first kappa shape index (κ1) is 12.8. The van der Waals surface area contributed by atoms with Gasteiger partial charge < -0.3 is 4.74 Å². The first-order valence-corrected chi connectivity index (χ1v) is 5.92. The zero-order valence-corrected chi connectivity index (χ0v) is 10.5. The van der Waals surface area contributed by atoms with Crippen molar-refractivity contribution in [3.05, 3.63) is 59.2 Å². The fourth-order valence-electron chi connectivity index (χ4n) is 1.59. The van der Waals surface area contributed by atoms with E-state index in [0.29, 0.717) is 5.75 Å². The molecule has 0 amide bonds. The molecular weight excluding hydrogens is 258 g/mol. The Hall–Kier alpha value is -1.61. The molecule has 0 saturated heterocycles. The summed E-state index contributed by atoms with van der Waals surface area (Å²) in [5.41, 5.74) is 1.76. The molecular formula is C14H11ClF2O. The number of benzene rings is 2. The van der Waals surface area contributed by atoms with Crippen molar-refractivity contribution in [3.63, 3.8) is 0 Å². The van der Waals surface area contributed by atoms with E-state index in [0.717, 1.165) is 29.3 Å². The standard InChI is InChI=1S/C14H11ClF2O/c1-9-2-5-13(10(6-9)8-15)18-14-7-11(16)3-4-12(14)17/h2-7H,8H2,1H3. The second kappa shape index (κ2) is 5.36. The molecule has 0 aliphatic rings. The van der Waals surface area contributed by atoms with Crippen LogP contribution in [-0.2, 0) is 5.88 Å². The molecule has 0 bridgehead atoms. The first-order chi connectivity index (χ1) is 8.60. The number of ether oxygens (including phenoxy) is 1. The van der Waals surface area contributed by atoms with E-state index in [9.17, 15) is 8.78 Å². The highest BCUT2D eigenvalue weighted by atomic mass is 35.5. The summed E-state index contributed by atoms with van der Waals surface area (Å²) in [6.45, 7) is 1.92. The molecule has 2 rings (SSSR count). The number of alkyl halides is 1. The molecule has 0 aromatic heterocycles. The third-order valence-electron chi connectivity index (χ3n) is 2.47. The molecule has 94 valence electrons. The van der Waals surface area contributed by atoms with E-state index in [-0.39, 0.29) is 11.6 Å². The molecule has 0 unspecified atom stereocenters. The summed E-state index contributed by atoms with van der Waals surface area (Å²) >= 11 is 5.79. The van der Waals surface area contributed by atoms with Gasteiger partial charge in [-0.15, -0.1) is 11.6 Å². The molecule has 4 heteroatoms. The van der Waals surface area contributed by atoms with Gasteiger partial charge in [-0.1, -0.05) is 17.7 Å². The Morgan fingerprint density at radius 2 is 1.83 bits per heavy atom. The van der Waals surface area contributed by atoms with E-state index in [1.165, 1.54) is 0 Å². The molecule has 0 N–H and O–H groups in total. The van der Waals surface area contributed by atoms with Crippen molar-refractivity contribution in [2.45, 2.75) is 12.8 Å². The van der Waals surface area contributed by atoms with E-state index in [1.807, 2.05) is 19.1 Å². The summed E-state index contributed by atoms with van der Waals surface area (Å²) in [7, 11) is 0. The van der Waals surface area contributed by atoms with Crippen molar-refractivity contribution in [2.24, 2.45) is 0 Å². The molecule has 2 aromatic rings. The normalized spacial score (nSPS) is 10.4. The van der Waals surface area contributed by atoms with Crippen LogP contribution in [0.15, 0.2) is 36.4 Å². The van der Waals surface area contributed by atoms with E-state index >= 15 is 0 Å². The van der Waals surface area contributed by atoms with Crippen molar-refractivity contribution in [1.29, 1.82) is 0 Å². The predicted octanol–water partition coefficient (Wildman–Crippen LogP) is 4.80. The van der Waals surface area contributed by atoms with E-state index in [2.05, 4.69) is 0 Å². The van der Waals surface area contributed by atoms with Crippen LogP contribution in [0.1, 0.15) is 11.1 Å². The largest absolute Gasteiger partial charge is 0.454 e. The van der Waals surface area contributed by atoms with Crippen LogP contribution in [-0.4, -0.2) is 0 Å². The highest BCUT2D eigenvalue weighted by Gasteiger charge is 2.09. The van der Waals surface area contributed by atoms with Crippen molar-refractivity contribution >= 4 is 11.6 Å². The Balaban J connectivity index is 2.36. The Morgan fingerprint density at radius 3 is 2.56 bits per heavy atom. The third kappa shape index (κ3) is 2.79. The zero-order valence-electron chi connectivity index (χ0n) is 9.71. The fourth-order valence-corrected chi connectivity index (χ4v) is 1.79. The molecule has 0 heterocycles. The summed E-state index contributed by atoms with van der Waals surface area (Å²) in [5, 5.41) is 0. The predicted molar refractivity (Wildman–Crippen MR) is 67.2 cm³/mol. The van der Waals surface area contributed by atoms with E-state index in [1.54, 1.807) is 6.07 Å². The van der Waals surface area contributed by atoms with Crippen LogP contribution in [0.4, 0.5) is 8.78 Å². The third-order valence-corrected chi connectivity index (χ3v) is 2.76. The minimum atomic E-state index is -0.613. The van der Waals surface area contributed by atoms with Gasteiger partial charge in [-0.05, 0) is 25.1 Å². The Bertz CT molecular complexity index is 570. The van der Waals surface area contributed by atoms with Gasteiger partial charge in [0.05, 0.1) is 5.88 Å². The molecule has 0 atom stereocenters. The Kier molecular flexibility index (Phi) is 3.82. The van der Waals surface area contributed by atoms with Crippen LogP contribution in [0, 0.1) is 18.6 Å². The number of hydrogen-bond acceptors (Lipinski definition) is 1. The second-order valence-electron chi connectivity index (χ2n) is 3.92. The van der Waals surface area contributed by atoms with Crippen LogP contribution in [0.5, 0.6) is 11.5 Å². The lowest BCUT2D eigenvalue weighted by Crippen LogP contribution is -1.93. The van der Waals surface area contributed by atoms with Gasteiger partial charge in [-0.3, -0.25) is 0 Å². The van der Waals surface area contributed by atoms with Crippen LogP contribution < -0.4 is 4.74 Å². The molecule has 0 radical (unpaired) electrons. The summed E-state index contributed by atoms with van der Waals surface area (Å²) < 4.78 is 31.8. The quantitative estimate of drug-likeness (QED) is 0.726. The molecule has 0 aliphatic heterocycles. The average Bonchev–Trinajstić information content (AvgIpc) is 2.36. The minimum Gasteiger partial charge on any atom is -0.454 e. The monoisotopic (exact) mass is 268 g/mol. The molecule has 0 aliphatic carbocycles. The highest BCUT2D eigenvalue weighted by Crippen LogP contribution is 2.29. The number of aryl methyl sites for hydroxylation is 1. The molecule has 18 heavy (non-hydrogen) atoms. The summed E-state index contributed by atoms with van der Waals surface area (Å²) in [5.74, 6) is -0.637. The maximum absolute atomic E-state index is 13.4. The van der Waals surface area contributed by atoms with Crippen LogP contribution in [0.2, 0.25) is 0 Å². The lowest BCUT2D eigenvalue weighted by atomic mass is 10.1. The maximum Gasteiger partial charge on any atom is 0.165 e. The van der Waals surface area contributed by atoms with Crippen LogP contribution in [0.3, 0.4) is 0 Å². The van der Waals surface area contributed by atoms with Crippen molar-refractivity contribution in [1.82, 2.24) is 0 Å². The molecule has 2 aromatic carbocycles. The van der Waals surface area contributed by atoms with Gasteiger partial charge in [-0.2, -0.15) is 0 Å². The zero-order chi connectivity index (χ0) is 13.1. The molecule has 0 spiro atoms. The second-order valence-corrected chi connectivity index (χ2v) is 4.19. The van der Waals surface area contributed by atoms with Crippen LogP contribution in [0.25, 0.3) is 0 Å². The molecule has 0 saturated carbocycles. The minimum absolute atomic E-state index is 0.148. The lowest BCUT2D eigenvalue weighted by Gasteiger charge is -2.11. The average molecular weight is 269 g/mol. The van der Waals surface area contributed by atoms with E-state index < -0.39 is 11.6 Å².